The number of rotatable bonds is 4. The summed E-state index contributed by atoms with van der Waals surface area (Å²) in [6.45, 7) is 0. The van der Waals surface area contributed by atoms with Crippen LogP contribution in [0.4, 0.5) is 0 Å². The van der Waals surface area contributed by atoms with Gasteiger partial charge in [-0.25, -0.2) is 14.6 Å². The van der Waals surface area contributed by atoms with Gasteiger partial charge in [0.15, 0.2) is 10.9 Å². The van der Waals surface area contributed by atoms with E-state index in [-0.39, 0.29) is 17.6 Å². The van der Waals surface area contributed by atoms with Gasteiger partial charge in [0.05, 0.1) is 0 Å². The van der Waals surface area contributed by atoms with Gasteiger partial charge in [0, 0.05) is 23.7 Å². The number of carbonyl (C=O) groups excluding carboxylic acids is 1. The summed E-state index contributed by atoms with van der Waals surface area (Å²) in [6.07, 6.45) is 8.79. The molecule has 7 nitrogen and oxygen atoms in total. The van der Waals surface area contributed by atoms with Gasteiger partial charge >= 0.3 is 0 Å². The highest BCUT2D eigenvalue weighted by Crippen LogP contribution is 2.31. The summed E-state index contributed by atoms with van der Waals surface area (Å²) in [6, 6.07) is 2.00. The lowest BCUT2D eigenvalue weighted by atomic mass is 9.95. The van der Waals surface area contributed by atoms with Crippen LogP contribution in [0.25, 0.3) is 0 Å². The zero-order chi connectivity index (χ0) is 14.5. The van der Waals surface area contributed by atoms with Gasteiger partial charge in [-0.3, -0.25) is 4.79 Å². The Morgan fingerprint density at radius 2 is 2.00 bits per heavy atom. The predicted molar refractivity (Wildman–Crippen MR) is 75.7 cm³/mol. The molecule has 1 fully saturated rings. The summed E-state index contributed by atoms with van der Waals surface area (Å²) in [5, 5.41) is 11.3. The van der Waals surface area contributed by atoms with Crippen LogP contribution in [0, 0.1) is 0 Å². The number of nitrogens with zero attached hydrogens (tertiary/aromatic N) is 4. The van der Waals surface area contributed by atoms with Gasteiger partial charge in [0.25, 0.3) is 5.91 Å². The van der Waals surface area contributed by atoms with E-state index in [2.05, 4.69) is 30.2 Å². The topological polar surface area (TPSA) is 93.8 Å². The lowest BCUT2D eigenvalue weighted by Crippen LogP contribution is -2.38. The Morgan fingerprint density at radius 3 is 2.67 bits per heavy atom. The highest BCUT2D eigenvalue weighted by molar-refractivity contribution is 7.99. The Hall–Kier alpha value is -1.96. The van der Waals surface area contributed by atoms with Gasteiger partial charge in [-0.05, 0) is 36.9 Å². The highest BCUT2D eigenvalue weighted by atomic mass is 32.2. The van der Waals surface area contributed by atoms with E-state index in [1.54, 1.807) is 24.2 Å². The van der Waals surface area contributed by atoms with Gasteiger partial charge in [-0.1, -0.05) is 16.9 Å². The van der Waals surface area contributed by atoms with Crippen LogP contribution in [-0.2, 0) is 0 Å². The van der Waals surface area contributed by atoms with Crippen LogP contribution in [0.5, 0.6) is 0 Å². The first-order valence-electron chi connectivity index (χ1n) is 6.83. The molecule has 1 amide bonds. The van der Waals surface area contributed by atoms with E-state index in [0.29, 0.717) is 5.25 Å². The van der Waals surface area contributed by atoms with E-state index in [1.165, 1.54) is 6.20 Å². The summed E-state index contributed by atoms with van der Waals surface area (Å²) < 4.78 is 4.43. The Balaban J connectivity index is 1.46. The number of carbonyl (C=O) groups is 1. The first-order chi connectivity index (χ1) is 10.3. The molecule has 0 saturated heterocycles. The van der Waals surface area contributed by atoms with Crippen molar-refractivity contribution in [2.24, 2.45) is 0 Å². The molecule has 0 atom stereocenters. The fourth-order valence-electron chi connectivity index (χ4n) is 2.34. The van der Waals surface area contributed by atoms with Gasteiger partial charge < -0.3 is 5.32 Å². The average Bonchev–Trinajstić information content (AvgIpc) is 3.05. The number of hydrogen-bond acceptors (Lipinski definition) is 7. The van der Waals surface area contributed by atoms with Crippen molar-refractivity contribution in [2.75, 3.05) is 0 Å². The molecule has 0 spiro atoms. The SMILES string of the molecule is O=C(NC1CCC(Sc2ncccn2)CC1)c1cnon1. The molecular weight excluding hydrogens is 290 g/mol. The fraction of sp³-hybridized carbons (Fsp3) is 0.462. The molecule has 0 aliphatic heterocycles. The van der Waals surface area contributed by atoms with Crippen molar-refractivity contribution in [2.45, 2.75) is 42.1 Å². The van der Waals surface area contributed by atoms with E-state index in [9.17, 15) is 4.79 Å². The van der Waals surface area contributed by atoms with Gasteiger partial charge in [-0.2, -0.15) is 0 Å². The van der Waals surface area contributed by atoms with Crippen LogP contribution in [0.1, 0.15) is 36.2 Å². The fourth-order valence-corrected chi connectivity index (χ4v) is 3.39. The number of aromatic nitrogens is 4. The number of thioether (sulfide) groups is 1. The molecule has 1 aliphatic rings. The standard InChI is InChI=1S/C13H15N5O2S/c19-12(11-8-16-20-18-11)17-9-2-4-10(5-3-9)21-13-14-6-1-7-15-13/h1,6-10H,2-5H2,(H,17,19). The second kappa shape index (κ2) is 6.66. The van der Waals surface area contributed by atoms with Crippen molar-refractivity contribution >= 4 is 17.7 Å². The van der Waals surface area contributed by atoms with Crippen molar-refractivity contribution in [3.05, 3.63) is 30.4 Å². The molecule has 2 aromatic heterocycles. The second-order valence-corrected chi connectivity index (χ2v) is 6.16. The first kappa shape index (κ1) is 14.0. The normalized spacial score (nSPS) is 21.9. The van der Waals surface area contributed by atoms with Crippen molar-refractivity contribution in [1.82, 2.24) is 25.6 Å². The molecule has 0 unspecified atom stereocenters. The summed E-state index contributed by atoms with van der Waals surface area (Å²) >= 11 is 1.71. The lowest BCUT2D eigenvalue weighted by Gasteiger charge is -2.27. The van der Waals surface area contributed by atoms with E-state index >= 15 is 0 Å². The van der Waals surface area contributed by atoms with E-state index in [1.807, 2.05) is 6.07 Å². The monoisotopic (exact) mass is 305 g/mol. The summed E-state index contributed by atoms with van der Waals surface area (Å²) in [7, 11) is 0. The third-order valence-electron chi connectivity index (χ3n) is 3.42. The molecule has 0 aromatic carbocycles. The molecule has 2 heterocycles. The number of amides is 1. The third-order valence-corrected chi connectivity index (χ3v) is 4.64. The first-order valence-corrected chi connectivity index (χ1v) is 7.71. The summed E-state index contributed by atoms with van der Waals surface area (Å²) in [5.41, 5.74) is 0.226. The van der Waals surface area contributed by atoms with Crippen LogP contribution >= 0.6 is 11.8 Å². The molecule has 21 heavy (non-hydrogen) atoms. The highest BCUT2D eigenvalue weighted by Gasteiger charge is 2.24. The Morgan fingerprint density at radius 1 is 1.24 bits per heavy atom. The smallest absolute Gasteiger partial charge is 0.275 e. The average molecular weight is 305 g/mol. The maximum atomic E-state index is 11.8. The summed E-state index contributed by atoms with van der Waals surface area (Å²) in [5.74, 6) is -0.223. The maximum absolute atomic E-state index is 11.8. The minimum atomic E-state index is -0.223. The van der Waals surface area contributed by atoms with Crippen molar-refractivity contribution in [3.8, 4) is 0 Å². The molecule has 110 valence electrons. The quantitative estimate of drug-likeness (QED) is 0.859. The molecule has 0 radical (unpaired) electrons. The Labute approximate surface area is 125 Å². The van der Waals surface area contributed by atoms with Crippen LogP contribution in [-0.4, -0.2) is 37.5 Å². The predicted octanol–water partition coefficient (Wildman–Crippen LogP) is 1.69. The molecule has 3 rings (SSSR count). The zero-order valence-electron chi connectivity index (χ0n) is 11.3. The molecular formula is C13H15N5O2S. The van der Waals surface area contributed by atoms with E-state index in [4.69, 9.17) is 0 Å². The van der Waals surface area contributed by atoms with Crippen LogP contribution < -0.4 is 5.32 Å². The van der Waals surface area contributed by atoms with Crippen molar-refractivity contribution in [3.63, 3.8) is 0 Å². The molecule has 2 aromatic rings. The van der Waals surface area contributed by atoms with Gasteiger partial charge in [-0.15, -0.1) is 0 Å². The van der Waals surface area contributed by atoms with E-state index in [0.717, 1.165) is 30.8 Å². The summed E-state index contributed by atoms with van der Waals surface area (Å²) in [4.78, 5) is 20.3. The Bertz CT molecular complexity index is 570. The van der Waals surface area contributed by atoms with Crippen LogP contribution in [0.15, 0.2) is 34.4 Å². The van der Waals surface area contributed by atoms with Crippen molar-refractivity contribution in [1.29, 1.82) is 0 Å². The van der Waals surface area contributed by atoms with Crippen LogP contribution in [0.2, 0.25) is 0 Å². The van der Waals surface area contributed by atoms with Crippen molar-refractivity contribution < 1.29 is 9.42 Å². The molecule has 1 aliphatic carbocycles. The minimum absolute atomic E-state index is 0.183. The molecule has 1 saturated carbocycles. The van der Waals surface area contributed by atoms with E-state index < -0.39 is 0 Å². The zero-order valence-corrected chi connectivity index (χ0v) is 12.1. The van der Waals surface area contributed by atoms with Gasteiger partial charge in [0.1, 0.15) is 6.20 Å². The molecule has 8 heteroatoms. The minimum Gasteiger partial charge on any atom is -0.348 e. The molecule has 0 bridgehead atoms. The molecule has 1 N–H and O–H groups in total. The Kier molecular flexibility index (Phi) is 4.44. The lowest BCUT2D eigenvalue weighted by molar-refractivity contribution is 0.0918. The van der Waals surface area contributed by atoms with Crippen LogP contribution in [0.3, 0.4) is 0 Å². The number of nitrogens with one attached hydrogen (secondary N) is 1. The second-order valence-electron chi connectivity index (χ2n) is 4.89. The largest absolute Gasteiger partial charge is 0.348 e. The maximum Gasteiger partial charge on any atom is 0.275 e. The van der Waals surface area contributed by atoms with Gasteiger partial charge in [0.2, 0.25) is 0 Å². The number of hydrogen-bond donors (Lipinski definition) is 1. The third kappa shape index (κ3) is 3.78.